The predicted molar refractivity (Wildman–Crippen MR) is 124 cm³/mol. The molecule has 0 saturated carbocycles. The number of halogens is 4. The summed E-state index contributed by atoms with van der Waals surface area (Å²) < 4.78 is 51.7. The lowest BCUT2D eigenvalue weighted by molar-refractivity contribution is -0.137. The normalized spacial score (nSPS) is 19.5. The minimum Gasteiger partial charge on any atom is -0.371 e. The number of anilines is 1. The number of rotatable bonds is 6. The van der Waals surface area contributed by atoms with E-state index in [1.54, 1.807) is 12.1 Å². The molecule has 188 valence electrons. The van der Waals surface area contributed by atoms with Crippen molar-refractivity contribution in [3.05, 3.63) is 65.5 Å². The van der Waals surface area contributed by atoms with Crippen LogP contribution in [0.25, 0.3) is 0 Å². The summed E-state index contributed by atoms with van der Waals surface area (Å²) in [6, 6.07) is 11.0. The van der Waals surface area contributed by atoms with Crippen LogP contribution < -0.4 is 15.5 Å². The summed E-state index contributed by atoms with van der Waals surface area (Å²) in [4.78, 5) is 29.1. The van der Waals surface area contributed by atoms with Crippen LogP contribution in [-0.2, 0) is 11.0 Å². The number of likely N-dealkylation sites (tertiary alicyclic amines) is 1. The molecule has 35 heavy (non-hydrogen) atoms. The Labute approximate surface area is 201 Å². The Balaban J connectivity index is 1.19. The van der Waals surface area contributed by atoms with Gasteiger partial charge in [0.1, 0.15) is 5.82 Å². The van der Waals surface area contributed by atoms with Crippen molar-refractivity contribution < 1.29 is 27.2 Å². The van der Waals surface area contributed by atoms with Crippen LogP contribution in [0.15, 0.2) is 48.5 Å². The van der Waals surface area contributed by atoms with Gasteiger partial charge in [-0.05, 0) is 61.7 Å². The number of benzene rings is 2. The third-order valence-corrected chi connectivity index (χ3v) is 6.62. The number of alkyl halides is 3. The predicted octanol–water partition coefficient (Wildman–Crippen LogP) is 3.43. The van der Waals surface area contributed by atoms with E-state index in [4.69, 9.17) is 0 Å². The molecule has 0 aliphatic carbocycles. The fourth-order valence-electron chi connectivity index (χ4n) is 4.76. The molecule has 0 bridgehead atoms. The van der Waals surface area contributed by atoms with Crippen molar-refractivity contribution in [3.63, 3.8) is 0 Å². The molecule has 2 aromatic carbocycles. The Morgan fingerprint density at radius 3 is 2.37 bits per heavy atom. The van der Waals surface area contributed by atoms with Crippen LogP contribution in [-0.4, -0.2) is 61.5 Å². The number of hydrogen-bond donors (Lipinski definition) is 2. The molecule has 6 nitrogen and oxygen atoms in total. The molecule has 2 saturated heterocycles. The van der Waals surface area contributed by atoms with E-state index in [1.807, 2.05) is 0 Å². The Bertz CT molecular complexity index is 1040. The number of carbonyl (C=O) groups excluding carboxylic acids is 2. The number of hydrogen-bond acceptors (Lipinski definition) is 4. The van der Waals surface area contributed by atoms with Gasteiger partial charge in [-0.3, -0.25) is 14.5 Å². The summed E-state index contributed by atoms with van der Waals surface area (Å²) in [6.07, 6.45) is -1.79. The van der Waals surface area contributed by atoms with Gasteiger partial charge in [-0.15, -0.1) is 0 Å². The second-order valence-electron chi connectivity index (χ2n) is 9.00. The summed E-state index contributed by atoms with van der Waals surface area (Å²) in [5.74, 6) is -1.35. The SMILES string of the molecule is O=C(CNC(=O)c1cccc(C(F)(F)F)c1)NC1CCN(C2CCN(c3ccc(F)cc3)CC2)C1. The molecule has 0 radical (unpaired) electrons. The molecule has 1 unspecified atom stereocenters. The zero-order valence-electron chi connectivity index (χ0n) is 19.2. The highest BCUT2D eigenvalue weighted by Gasteiger charge is 2.32. The highest BCUT2D eigenvalue weighted by molar-refractivity contribution is 5.96. The topological polar surface area (TPSA) is 64.7 Å². The van der Waals surface area contributed by atoms with Crippen molar-refractivity contribution in [1.29, 1.82) is 0 Å². The van der Waals surface area contributed by atoms with E-state index in [0.29, 0.717) is 12.6 Å². The average molecular weight is 493 g/mol. The maximum absolute atomic E-state index is 13.2. The standard InChI is InChI=1S/C25H28F4N4O2/c26-19-4-6-21(7-5-19)32-12-9-22(10-13-32)33-11-8-20(16-33)31-23(34)15-30-24(35)17-2-1-3-18(14-17)25(27,28)29/h1-7,14,20,22H,8-13,15-16H2,(H,30,35)(H,31,34). The van der Waals surface area contributed by atoms with Crippen molar-refractivity contribution in [3.8, 4) is 0 Å². The van der Waals surface area contributed by atoms with Gasteiger partial charge in [0.2, 0.25) is 5.91 Å². The second kappa shape index (κ2) is 10.6. The van der Waals surface area contributed by atoms with E-state index in [0.717, 1.165) is 62.8 Å². The number of piperidine rings is 1. The molecule has 0 spiro atoms. The maximum Gasteiger partial charge on any atom is 0.416 e. The van der Waals surface area contributed by atoms with Gasteiger partial charge in [0.05, 0.1) is 12.1 Å². The van der Waals surface area contributed by atoms with Crippen molar-refractivity contribution in [2.45, 2.75) is 37.5 Å². The van der Waals surface area contributed by atoms with Crippen molar-refractivity contribution >= 4 is 17.5 Å². The van der Waals surface area contributed by atoms with Crippen molar-refractivity contribution in [1.82, 2.24) is 15.5 Å². The van der Waals surface area contributed by atoms with Crippen LogP contribution in [0.1, 0.15) is 35.2 Å². The van der Waals surface area contributed by atoms with E-state index < -0.39 is 17.6 Å². The highest BCUT2D eigenvalue weighted by atomic mass is 19.4. The van der Waals surface area contributed by atoms with Gasteiger partial charge in [-0.2, -0.15) is 13.2 Å². The molecule has 1 atom stereocenters. The summed E-state index contributed by atoms with van der Waals surface area (Å²) in [6.45, 7) is 3.04. The van der Waals surface area contributed by atoms with Crippen LogP contribution in [0.4, 0.5) is 23.2 Å². The number of nitrogens with zero attached hydrogens (tertiary/aromatic N) is 2. The molecule has 2 aliphatic heterocycles. The van der Waals surface area contributed by atoms with Crippen LogP contribution >= 0.6 is 0 Å². The quantitative estimate of drug-likeness (QED) is 0.607. The molecule has 2 aliphatic rings. The first-order valence-corrected chi connectivity index (χ1v) is 11.7. The van der Waals surface area contributed by atoms with Gasteiger partial charge >= 0.3 is 6.18 Å². The van der Waals surface area contributed by atoms with Gasteiger partial charge in [-0.1, -0.05) is 6.07 Å². The van der Waals surface area contributed by atoms with E-state index in [9.17, 15) is 27.2 Å². The molecule has 2 N–H and O–H groups in total. The van der Waals surface area contributed by atoms with E-state index in [2.05, 4.69) is 20.4 Å². The first kappa shape index (κ1) is 25.0. The third-order valence-electron chi connectivity index (χ3n) is 6.62. The Kier molecular flexibility index (Phi) is 7.59. The zero-order chi connectivity index (χ0) is 25.0. The fraction of sp³-hybridized carbons (Fsp3) is 0.440. The molecule has 2 heterocycles. The molecule has 2 aromatic rings. The Morgan fingerprint density at radius 1 is 0.971 bits per heavy atom. The van der Waals surface area contributed by atoms with Crippen LogP contribution in [0.5, 0.6) is 0 Å². The van der Waals surface area contributed by atoms with Crippen LogP contribution in [0, 0.1) is 5.82 Å². The lowest BCUT2D eigenvalue weighted by Crippen LogP contribution is -2.46. The Morgan fingerprint density at radius 2 is 1.69 bits per heavy atom. The van der Waals surface area contributed by atoms with Crippen molar-refractivity contribution in [2.24, 2.45) is 0 Å². The molecule has 10 heteroatoms. The largest absolute Gasteiger partial charge is 0.416 e. The summed E-state index contributed by atoms with van der Waals surface area (Å²) in [7, 11) is 0. The van der Waals surface area contributed by atoms with Crippen LogP contribution in [0.3, 0.4) is 0 Å². The smallest absolute Gasteiger partial charge is 0.371 e. The molecule has 2 amide bonds. The van der Waals surface area contributed by atoms with Crippen molar-refractivity contribution in [2.75, 3.05) is 37.6 Å². The van der Waals surface area contributed by atoms with E-state index >= 15 is 0 Å². The van der Waals surface area contributed by atoms with Crippen LogP contribution in [0.2, 0.25) is 0 Å². The summed E-state index contributed by atoms with van der Waals surface area (Å²) in [5, 5.41) is 5.30. The molecule has 4 rings (SSSR count). The van der Waals surface area contributed by atoms with Gasteiger partial charge in [0, 0.05) is 49.5 Å². The number of carbonyl (C=O) groups is 2. The van der Waals surface area contributed by atoms with Gasteiger partial charge in [0.15, 0.2) is 0 Å². The second-order valence-corrected chi connectivity index (χ2v) is 9.00. The maximum atomic E-state index is 13.2. The number of nitrogens with one attached hydrogen (secondary N) is 2. The van der Waals surface area contributed by atoms with E-state index in [1.165, 1.54) is 18.2 Å². The third kappa shape index (κ3) is 6.50. The zero-order valence-corrected chi connectivity index (χ0v) is 19.2. The molecular weight excluding hydrogens is 464 g/mol. The molecule has 2 fully saturated rings. The highest BCUT2D eigenvalue weighted by Crippen LogP contribution is 2.29. The van der Waals surface area contributed by atoms with Gasteiger partial charge < -0.3 is 15.5 Å². The average Bonchev–Trinajstić information content (AvgIpc) is 3.31. The minimum atomic E-state index is -4.54. The summed E-state index contributed by atoms with van der Waals surface area (Å²) in [5.41, 5.74) is -0.0422. The number of amides is 2. The molecular formula is C25H28F4N4O2. The first-order valence-electron chi connectivity index (χ1n) is 11.7. The fourth-order valence-corrected chi connectivity index (χ4v) is 4.76. The summed E-state index contributed by atoms with van der Waals surface area (Å²) >= 11 is 0. The Hall–Kier alpha value is -3.14. The van der Waals surface area contributed by atoms with Gasteiger partial charge in [-0.25, -0.2) is 4.39 Å². The van der Waals surface area contributed by atoms with E-state index in [-0.39, 0.29) is 29.9 Å². The molecule has 0 aromatic heterocycles. The minimum absolute atomic E-state index is 0.0388. The lowest BCUT2D eigenvalue weighted by atomic mass is 10.0. The first-order chi connectivity index (χ1) is 16.7. The van der Waals surface area contributed by atoms with Gasteiger partial charge in [0.25, 0.3) is 5.91 Å². The monoisotopic (exact) mass is 492 g/mol. The lowest BCUT2D eigenvalue weighted by Gasteiger charge is -2.38.